The summed E-state index contributed by atoms with van der Waals surface area (Å²) in [4.78, 5) is 14.0. The Balaban J connectivity index is 1.74. The van der Waals surface area contributed by atoms with Crippen LogP contribution < -0.4 is 10.6 Å². The number of carbonyl (C=O) groups excluding carboxylic acids is 1. The van der Waals surface area contributed by atoms with Gasteiger partial charge in [0, 0.05) is 24.0 Å². The summed E-state index contributed by atoms with van der Waals surface area (Å²) in [5.74, 6) is 1.19. The molecule has 6 nitrogen and oxygen atoms in total. The van der Waals surface area contributed by atoms with Gasteiger partial charge < -0.3 is 15.5 Å². The van der Waals surface area contributed by atoms with Gasteiger partial charge in [-0.2, -0.15) is 16.9 Å². The molecule has 0 aliphatic carbocycles. The van der Waals surface area contributed by atoms with E-state index in [1.807, 2.05) is 36.7 Å². The number of urea groups is 1. The van der Waals surface area contributed by atoms with Crippen LogP contribution in [-0.2, 0) is 6.54 Å². The van der Waals surface area contributed by atoms with Crippen molar-refractivity contribution in [3.8, 4) is 0 Å². The first-order chi connectivity index (χ1) is 9.97. The quantitative estimate of drug-likeness (QED) is 0.842. The molecule has 2 heterocycles. The second-order valence-electron chi connectivity index (χ2n) is 6.00. The van der Waals surface area contributed by atoms with Crippen LogP contribution in [0.1, 0.15) is 19.8 Å². The number of aromatic nitrogens is 2. The largest absolute Gasteiger partial charge is 0.336 e. The Morgan fingerprint density at radius 2 is 2.38 bits per heavy atom. The van der Waals surface area contributed by atoms with Gasteiger partial charge in [0.2, 0.25) is 0 Å². The third-order valence-electron chi connectivity index (χ3n) is 3.59. The molecule has 1 aliphatic rings. The Morgan fingerprint density at radius 3 is 3.05 bits per heavy atom. The van der Waals surface area contributed by atoms with Crippen molar-refractivity contribution in [1.29, 1.82) is 0 Å². The summed E-state index contributed by atoms with van der Waals surface area (Å²) in [7, 11) is 4.05. The summed E-state index contributed by atoms with van der Waals surface area (Å²) in [6, 6.07) is -0.157. The number of thioether (sulfide) groups is 1. The van der Waals surface area contributed by atoms with Crippen molar-refractivity contribution in [3.05, 3.63) is 12.4 Å². The van der Waals surface area contributed by atoms with Gasteiger partial charge in [0.25, 0.3) is 0 Å². The minimum absolute atomic E-state index is 0.157. The van der Waals surface area contributed by atoms with E-state index in [-0.39, 0.29) is 10.8 Å². The number of likely N-dealkylation sites (N-methyl/N-ethyl adjacent to an activating group) is 1. The second kappa shape index (κ2) is 7.17. The van der Waals surface area contributed by atoms with Crippen molar-refractivity contribution in [2.24, 2.45) is 0 Å². The van der Waals surface area contributed by atoms with E-state index in [1.165, 1.54) is 18.6 Å². The molecule has 0 bridgehead atoms. The third-order valence-corrected chi connectivity index (χ3v) is 5.13. The summed E-state index contributed by atoms with van der Waals surface area (Å²) in [6.45, 7) is 4.65. The van der Waals surface area contributed by atoms with E-state index in [0.29, 0.717) is 6.54 Å². The number of anilines is 1. The van der Waals surface area contributed by atoms with E-state index in [2.05, 4.69) is 27.6 Å². The maximum atomic E-state index is 11.9. The fraction of sp³-hybridized carbons (Fsp3) is 0.714. The predicted molar refractivity (Wildman–Crippen MR) is 87.9 cm³/mol. The molecule has 1 fully saturated rings. The zero-order chi connectivity index (χ0) is 15.3. The molecule has 1 saturated heterocycles. The highest BCUT2D eigenvalue weighted by atomic mass is 32.2. The zero-order valence-electron chi connectivity index (χ0n) is 13.1. The normalized spacial score (nSPS) is 21.7. The minimum Gasteiger partial charge on any atom is -0.336 e. The van der Waals surface area contributed by atoms with Crippen LogP contribution in [0.25, 0.3) is 0 Å². The molecule has 2 rings (SSSR count). The van der Waals surface area contributed by atoms with E-state index >= 15 is 0 Å². The van der Waals surface area contributed by atoms with E-state index in [0.717, 1.165) is 18.8 Å². The number of rotatable bonds is 6. The van der Waals surface area contributed by atoms with Gasteiger partial charge in [-0.25, -0.2) is 4.79 Å². The second-order valence-corrected chi connectivity index (χ2v) is 7.69. The van der Waals surface area contributed by atoms with Gasteiger partial charge in [-0.15, -0.1) is 0 Å². The van der Waals surface area contributed by atoms with Crippen LogP contribution in [0.15, 0.2) is 12.4 Å². The average Bonchev–Trinajstić information content (AvgIpc) is 3.04. The Bertz CT molecular complexity index is 468. The SMILES string of the molecule is CN(C)CCn1cc(NC(=O)NC[C@]2(C)CCCS2)cn1. The standard InChI is InChI=1S/C14H25N5OS/c1-14(5-4-8-21-14)11-15-13(20)17-12-9-16-19(10-12)7-6-18(2)3/h9-10H,4-8,11H2,1-3H3,(H2,15,17,20)/t14-/m0/s1. The predicted octanol–water partition coefficient (Wildman–Crippen LogP) is 1.85. The maximum absolute atomic E-state index is 11.9. The first-order valence-corrected chi connectivity index (χ1v) is 8.31. The molecular formula is C14H25N5OS. The van der Waals surface area contributed by atoms with Gasteiger partial charge in [0.1, 0.15) is 0 Å². The maximum Gasteiger partial charge on any atom is 0.319 e. The molecule has 7 heteroatoms. The van der Waals surface area contributed by atoms with E-state index in [9.17, 15) is 4.79 Å². The van der Waals surface area contributed by atoms with Gasteiger partial charge >= 0.3 is 6.03 Å². The zero-order valence-corrected chi connectivity index (χ0v) is 13.9. The topological polar surface area (TPSA) is 62.2 Å². The fourth-order valence-corrected chi connectivity index (χ4v) is 3.52. The van der Waals surface area contributed by atoms with Gasteiger partial charge in [-0.3, -0.25) is 4.68 Å². The van der Waals surface area contributed by atoms with Crippen LogP contribution in [0.3, 0.4) is 0 Å². The molecular weight excluding hydrogens is 286 g/mol. The van der Waals surface area contributed by atoms with Crippen molar-refractivity contribution in [2.45, 2.75) is 31.1 Å². The van der Waals surface area contributed by atoms with Crippen LogP contribution in [0.2, 0.25) is 0 Å². The van der Waals surface area contributed by atoms with Gasteiger partial charge in [-0.05, 0) is 39.6 Å². The van der Waals surface area contributed by atoms with Crippen molar-refractivity contribution in [3.63, 3.8) is 0 Å². The lowest BCUT2D eigenvalue weighted by molar-refractivity contribution is 0.251. The van der Waals surface area contributed by atoms with Gasteiger partial charge in [0.05, 0.1) is 18.4 Å². The summed E-state index contributed by atoms with van der Waals surface area (Å²) >= 11 is 1.94. The van der Waals surface area contributed by atoms with Crippen molar-refractivity contribution >= 4 is 23.5 Å². The fourth-order valence-electron chi connectivity index (χ4n) is 2.27. The lowest BCUT2D eigenvalue weighted by Crippen LogP contribution is -2.39. The Kier molecular flexibility index (Phi) is 5.52. The number of hydrogen-bond donors (Lipinski definition) is 2. The summed E-state index contributed by atoms with van der Waals surface area (Å²) in [6.07, 6.45) is 5.94. The molecule has 0 spiro atoms. The Labute approximate surface area is 130 Å². The molecule has 21 heavy (non-hydrogen) atoms. The molecule has 0 unspecified atom stereocenters. The highest BCUT2D eigenvalue weighted by Crippen LogP contribution is 2.36. The van der Waals surface area contributed by atoms with Crippen molar-refractivity contribution in [1.82, 2.24) is 20.0 Å². The highest BCUT2D eigenvalue weighted by Gasteiger charge is 2.29. The third kappa shape index (κ3) is 5.24. The smallest absolute Gasteiger partial charge is 0.319 e. The van der Waals surface area contributed by atoms with Crippen LogP contribution in [-0.4, -0.2) is 58.4 Å². The van der Waals surface area contributed by atoms with E-state index < -0.39 is 0 Å². The first kappa shape index (κ1) is 16.2. The molecule has 2 N–H and O–H groups in total. The number of carbonyl (C=O) groups is 1. The lowest BCUT2D eigenvalue weighted by Gasteiger charge is -2.22. The monoisotopic (exact) mass is 311 g/mol. The Hall–Kier alpha value is -1.21. The number of nitrogens with zero attached hydrogens (tertiary/aromatic N) is 3. The molecule has 118 valence electrons. The summed E-state index contributed by atoms with van der Waals surface area (Å²) in [5, 5.41) is 10.0. The lowest BCUT2D eigenvalue weighted by atomic mass is 10.1. The van der Waals surface area contributed by atoms with Crippen molar-refractivity contribution < 1.29 is 4.79 Å². The van der Waals surface area contributed by atoms with Crippen molar-refractivity contribution in [2.75, 3.05) is 38.3 Å². The number of hydrogen-bond acceptors (Lipinski definition) is 4. The summed E-state index contributed by atoms with van der Waals surface area (Å²) < 4.78 is 2.02. The van der Waals surface area contributed by atoms with Crippen LogP contribution in [0, 0.1) is 0 Å². The first-order valence-electron chi connectivity index (χ1n) is 7.33. The molecule has 1 aliphatic heterocycles. The number of nitrogens with one attached hydrogen (secondary N) is 2. The molecule has 1 atom stereocenters. The molecule has 0 radical (unpaired) electrons. The van der Waals surface area contributed by atoms with Gasteiger partial charge in [0.15, 0.2) is 0 Å². The van der Waals surface area contributed by atoms with Crippen LogP contribution >= 0.6 is 11.8 Å². The van der Waals surface area contributed by atoms with Crippen LogP contribution in [0.5, 0.6) is 0 Å². The Morgan fingerprint density at radius 1 is 1.57 bits per heavy atom. The van der Waals surface area contributed by atoms with Gasteiger partial charge in [-0.1, -0.05) is 0 Å². The highest BCUT2D eigenvalue weighted by molar-refractivity contribution is 8.00. The van der Waals surface area contributed by atoms with Crippen LogP contribution in [0.4, 0.5) is 10.5 Å². The molecule has 2 amide bonds. The molecule has 0 saturated carbocycles. The molecule has 0 aromatic carbocycles. The average molecular weight is 311 g/mol. The minimum atomic E-state index is -0.157. The summed E-state index contributed by atoms with van der Waals surface area (Å²) in [5.41, 5.74) is 0.732. The molecule has 1 aromatic rings. The van der Waals surface area contributed by atoms with E-state index in [1.54, 1.807) is 6.20 Å². The molecule has 1 aromatic heterocycles. The van der Waals surface area contributed by atoms with E-state index in [4.69, 9.17) is 0 Å². The number of amides is 2.